The van der Waals surface area contributed by atoms with E-state index in [1.165, 1.54) is 26.0 Å². The van der Waals surface area contributed by atoms with Crippen LogP contribution in [0.15, 0.2) is 72.8 Å². The monoisotopic (exact) mass is 726 g/mol. The Morgan fingerprint density at radius 2 is 1.49 bits per heavy atom. The molecule has 4 rings (SSSR count). The van der Waals surface area contributed by atoms with Gasteiger partial charge in [-0.2, -0.15) is 0 Å². The standard InChI is InChI=1S/C38H47FN2O9S/c1-26(44)49-35(30-14-16-32(39)17-15-30)21-20-34-36(31-12-8-28(9-13-31)6-4-22-38(24-42,25-43)50-27(2)45)41(37(34)46)33-18-10-29(11-19-33)7-5-23-40-51(3,47)48/h8-19,34-36,40,42-43H,4-7,20-25H2,1-3H3/t34?,35-,36+/m0/s1. The molecule has 1 aliphatic rings. The van der Waals surface area contributed by atoms with Crippen LogP contribution in [0.25, 0.3) is 0 Å². The third-order valence-corrected chi connectivity index (χ3v) is 9.81. The average Bonchev–Trinajstić information content (AvgIpc) is 3.08. The highest BCUT2D eigenvalue weighted by atomic mass is 32.2. The van der Waals surface area contributed by atoms with Crippen LogP contribution in [0.3, 0.4) is 0 Å². The van der Waals surface area contributed by atoms with Gasteiger partial charge in [-0.25, -0.2) is 17.5 Å². The molecule has 1 heterocycles. The molecule has 3 N–H and O–H groups in total. The summed E-state index contributed by atoms with van der Waals surface area (Å²) in [6.45, 7) is 1.89. The summed E-state index contributed by atoms with van der Waals surface area (Å²) < 4.78 is 49.7. The van der Waals surface area contributed by atoms with Gasteiger partial charge in [-0.15, -0.1) is 0 Å². The van der Waals surface area contributed by atoms with Crippen molar-refractivity contribution in [2.45, 2.75) is 76.5 Å². The second-order valence-corrected chi connectivity index (χ2v) is 14.9. The Bertz CT molecular complexity index is 1730. The van der Waals surface area contributed by atoms with Crippen LogP contribution in [0, 0.1) is 11.7 Å². The van der Waals surface area contributed by atoms with Gasteiger partial charge < -0.3 is 24.6 Å². The maximum Gasteiger partial charge on any atom is 0.303 e. The molecule has 3 atom stereocenters. The topological polar surface area (TPSA) is 160 Å². The molecule has 1 unspecified atom stereocenters. The third kappa shape index (κ3) is 11.2. The van der Waals surface area contributed by atoms with Crippen LogP contribution in [-0.4, -0.2) is 68.1 Å². The molecule has 13 heteroatoms. The lowest BCUT2D eigenvalue weighted by atomic mass is 9.78. The van der Waals surface area contributed by atoms with Crippen molar-refractivity contribution in [2.75, 3.05) is 30.9 Å². The van der Waals surface area contributed by atoms with E-state index in [9.17, 15) is 37.4 Å². The van der Waals surface area contributed by atoms with E-state index in [1.807, 2.05) is 48.5 Å². The summed E-state index contributed by atoms with van der Waals surface area (Å²) in [6, 6.07) is 20.9. The van der Waals surface area contributed by atoms with Gasteiger partial charge in [0, 0.05) is 26.1 Å². The van der Waals surface area contributed by atoms with Crippen molar-refractivity contribution >= 4 is 33.6 Å². The molecule has 11 nitrogen and oxygen atoms in total. The van der Waals surface area contributed by atoms with Crippen molar-refractivity contribution < 1.29 is 46.9 Å². The van der Waals surface area contributed by atoms with E-state index in [0.717, 1.165) is 22.9 Å². The molecule has 0 aromatic heterocycles. The largest absolute Gasteiger partial charge is 0.458 e. The number of aryl methyl sites for hydroxylation is 2. The highest BCUT2D eigenvalue weighted by Gasteiger charge is 2.48. The molecule has 0 radical (unpaired) electrons. The zero-order valence-electron chi connectivity index (χ0n) is 29.2. The van der Waals surface area contributed by atoms with Crippen LogP contribution in [0.5, 0.6) is 0 Å². The van der Waals surface area contributed by atoms with Crippen molar-refractivity contribution in [3.05, 3.63) is 101 Å². The van der Waals surface area contributed by atoms with E-state index in [1.54, 1.807) is 17.0 Å². The number of aliphatic hydroxyl groups is 2. The number of rotatable bonds is 19. The first-order valence-corrected chi connectivity index (χ1v) is 18.9. The van der Waals surface area contributed by atoms with E-state index in [0.29, 0.717) is 56.3 Å². The van der Waals surface area contributed by atoms with Crippen molar-refractivity contribution in [3.63, 3.8) is 0 Å². The number of aliphatic hydroxyl groups excluding tert-OH is 2. The highest BCUT2D eigenvalue weighted by molar-refractivity contribution is 7.88. The number of nitrogens with zero attached hydrogens (tertiary/aromatic N) is 1. The van der Waals surface area contributed by atoms with E-state index in [4.69, 9.17) is 9.47 Å². The second kappa shape index (κ2) is 17.9. The molecular formula is C38H47FN2O9S. The third-order valence-electron chi connectivity index (χ3n) is 9.08. The quantitative estimate of drug-likeness (QED) is 0.0904. The van der Waals surface area contributed by atoms with Gasteiger partial charge in [0.1, 0.15) is 11.9 Å². The van der Waals surface area contributed by atoms with Gasteiger partial charge in [-0.1, -0.05) is 48.5 Å². The molecule has 0 spiro atoms. The van der Waals surface area contributed by atoms with Crippen LogP contribution in [0.4, 0.5) is 10.1 Å². The summed E-state index contributed by atoms with van der Waals surface area (Å²) in [5, 5.41) is 19.5. The van der Waals surface area contributed by atoms with Crippen LogP contribution in [0.2, 0.25) is 0 Å². The van der Waals surface area contributed by atoms with E-state index in [2.05, 4.69) is 4.72 Å². The smallest absolute Gasteiger partial charge is 0.303 e. The number of esters is 2. The highest BCUT2D eigenvalue weighted by Crippen LogP contribution is 2.46. The van der Waals surface area contributed by atoms with Crippen molar-refractivity contribution in [1.82, 2.24) is 4.72 Å². The summed E-state index contributed by atoms with van der Waals surface area (Å²) in [5.74, 6) is -1.96. The molecule has 0 saturated carbocycles. The van der Waals surface area contributed by atoms with Gasteiger partial charge in [0.05, 0.1) is 31.4 Å². The molecule has 3 aromatic rings. The summed E-state index contributed by atoms with van der Waals surface area (Å²) in [4.78, 5) is 39.0. The van der Waals surface area contributed by atoms with Gasteiger partial charge in [0.2, 0.25) is 15.9 Å². The van der Waals surface area contributed by atoms with Gasteiger partial charge in [0.25, 0.3) is 0 Å². The zero-order valence-corrected chi connectivity index (χ0v) is 30.0. The fourth-order valence-corrected chi connectivity index (χ4v) is 7.01. The summed E-state index contributed by atoms with van der Waals surface area (Å²) in [7, 11) is -3.26. The molecule has 0 aliphatic carbocycles. The molecule has 1 fully saturated rings. The minimum Gasteiger partial charge on any atom is -0.458 e. The van der Waals surface area contributed by atoms with Crippen LogP contribution in [-0.2, 0) is 46.7 Å². The van der Waals surface area contributed by atoms with E-state index in [-0.39, 0.29) is 18.4 Å². The Hall–Kier alpha value is -4.17. The Labute approximate surface area is 298 Å². The van der Waals surface area contributed by atoms with Crippen molar-refractivity contribution in [3.8, 4) is 0 Å². The predicted molar refractivity (Wildman–Crippen MR) is 190 cm³/mol. The van der Waals surface area contributed by atoms with Crippen LogP contribution in [0.1, 0.15) is 80.4 Å². The summed E-state index contributed by atoms with van der Waals surface area (Å²) >= 11 is 0. The number of amides is 1. The maximum atomic E-state index is 13.8. The lowest BCUT2D eigenvalue weighted by Gasteiger charge is -2.48. The minimum absolute atomic E-state index is 0.0790. The molecular weight excluding hydrogens is 679 g/mol. The number of sulfonamides is 1. The fraction of sp³-hybridized carbons (Fsp3) is 0.447. The molecule has 0 bridgehead atoms. The molecule has 276 valence electrons. The van der Waals surface area contributed by atoms with Crippen LogP contribution < -0.4 is 9.62 Å². The SMILES string of the molecule is CC(=O)O[C@@H](CCC1C(=O)N(c2ccc(CCCNS(C)(=O)=O)cc2)[C@@H]1c1ccc(CCCC(CO)(CO)OC(C)=O)cc1)c1ccc(F)cc1. The summed E-state index contributed by atoms with van der Waals surface area (Å²) in [5.41, 5.74) is 2.91. The number of ether oxygens (including phenoxy) is 2. The number of carbonyl (C=O) groups is 3. The van der Waals surface area contributed by atoms with E-state index < -0.39 is 58.6 Å². The van der Waals surface area contributed by atoms with Gasteiger partial charge in [-0.05, 0) is 91.5 Å². The average molecular weight is 727 g/mol. The number of benzene rings is 3. The number of β-lactam (4-membered cyclic amide) rings is 1. The molecule has 1 saturated heterocycles. The minimum atomic E-state index is -3.26. The first-order chi connectivity index (χ1) is 24.2. The van der Waals surface area contributed by atoms with Gasteiger partial charge >= 0.3 is 11.9 Å². The number of anilines is 1. The maximum absolute atomic E-state index is 13.8. The fourth-order valence-electron chi connectivity index (χ4n) is 6.50. The number of carbonyl (C=O) groups excluding carboxylic acids is 3. The molecule has 3 aromatic carbocycles. The Morgan fingerprint density at radius 3 is 2.04 bits per heavy atom. The lowest BCUT2D eigenvalue weighted by Crippen LogP contribution is -2.55. The number of hydrogen-bond acceptors (Lipinski definition) is 9. The van der Waals surface area contributed by atoms with Crippen LogP contribution >= 0.6 is 0 Å². The number of hydrogen-bond donors (Lipinski definition) is 3. The molecule has 1 aliphatic heterocycles. The van der Waals surface area contributed by atoms with E-state index >= 15 is 0 Å². The van der Waals surface area contributed by atoms with Crippen molar-refractivity contribution in [2.24, 2.45) is 5.92 Å². The predicted octanol–water partition coefficient (Wildman–Crippen LogP) is 4.71. The number of halogens is 1. The van der Waals surface area contributed by atoms with Gasteiger partial charge in [0.15, 0.2) is 5.60 Å². The lowest BCUT2D eigenvalue weighted by molar-refractivity contribution is -0.168. The zero-order chi connectivity index (χ0) is 37.2. The molecule has 1 amide bonds. The number of nitrogens with one attached hydrogen (secondary N) is 1. The van der Waals surface area contributed by atoms with Crippen molar-refractivity contribution in [1.29, 1.82) is 0 Å². The second-order valence-electron chi connectivity index (χ2n) is 13.1. The molecule has 51 heavy (non-hydrogen) atoms. The Morgan fingerprint density at radius 1 is 0.902 bits per heavy atom. The summed E-state index contributed by atoms with van der Waals surface area (Å²) in [6.07, 6.45) is 3.92. The first kappa shape index (κ1) is 39.6. The normalized spacial score (nSPS) is 16.7. The first-order valence-electron chi connectivity index (χ1n) is 17.0. The Balaban J connectivity index is 1.52. The van der Waals surface area contributed by atoms with Gasteiger partial charge in [-0.3, -0.25) is 14.4 Å². The Kier molecular flexibility index (Phi) is 13.9.